The van der Waals surface area contributed by atoms with Crippen molar-refractivity contribution in [3.8, 4) is 0 Å². The SMILES string of the molecule is CCC(C)[P-]C(=O)c1c(C)cccc1Cl.[Li+]. The van der Waals surface area contributed by atoms with Crippen molar-refractivity contribution in [1.29, 1.82) is 0 Å². The van der Waals surface area contributed by atoms with Gasteiger partial charge in [0.2, 0.25) is 0 Å². The van der Waals surface area contributed by atoms with Crippen molar-refractivity contribution in [2.45, 2.75) is 32.9 Å². The van der Waals surface area contributed by atoms with E-state index in [4.69, 9.17) is 11.6 Å². The van der Waals surface area contributed by atoms with Crippen LogP contribution in [0.5, 0.6) is 0 Å². The topological polar surface area (TPSA) is 17.1 Å². The summed E-state index contributed by atoms with van der Waals surface area (Å²) in [6.07, 6.45) is 1.01. The van der Waals surface area contributed by atoms with Crippen LogP contribution in [0.25, 0.3) is 0 Å². The summed E-state index contributed by atoms with van der Waals surface area (Å²) in [6, 6.07) is 5.56. The first-order valence-electron chi connectivity index (χ1n) is 5.06. The zero-order valence-electron chi connectivity index (χ0n) is 10.2. The standard InChI is InChI=1S/C12H15ClOP.Li/c1-4-9(3)15-12(14)11-8(2)6-5-7-10(11)13;/h5-7,9H,4H2,1-3H3;/q-1;+1. The van der Waals surface area contributed by atoms with Gasteiger partial charge in [0.25, 0.3) is 0 Å². The minimum Gasteiger partial charge on any atom is -0.456 e. The Hall–Kier alpha value is 0.207. The van der Waals surface area contributed by atoms with Crippen LogP contribution in [0.4, 0.5) is 0 Å². The summed E-state index contributed by atoms with van der Waals surface area (Å²) in [4.78, 5) is 12.0. The summed E-state index contributed by atoms with van der Waals surface area (Å²) < 4.78 is 0. The molecule has 0 aromatic heterocycles. The van der Waals surface area contributed by atoms with Crippen LogP contribution in [0.2, 0.25) is 5.02 Å². The van der Waals surface area contributed by atoms with E-state index in [0.29, 0.717) is 16.2 Å². The molecular weight excluding hydrogens is 233 g/mol. The zero-order valence-corrected chi connectivity index (χ0v) is 11.9. The van der Waals surface area contributed by atoms with Crippen LogP contribution in [0.3, 0.4) is 0 Å². The molecule has 16 heavy (non-hydrogen) atoms. The average Bonchev–Trinajstić information content (AvgIpc) is 2.17. The fourth-order valence-corrected chi connectivity index (χ4v) is 2.64. The molecule has 0 aliphatic carbocycles. The van der Waals surface area contributed by atoms with Gasteiger partial charge in [-0.1, -0.05) is 44.0 Å². The van der Waals surface area contributed by atoms with E-state index in [2.05, 4.69) is 13.8 Å². The first kappa shape index (κ1) is 16.2. The van der Waals surface area contributed by atoms with E-state index >= 15 is 0 Å². The third-order valence-corrected chi connectivity index (χ3v) is 3.94. The largest absolute Gasteiger partial charge is 1.00 e. The van der Waals surface area contributed by atoms with Crippen molar-refractivity contribution in [3.05, 3.63) is 34.3 Å². The molecule has 1 aromatic carbocycles. The first-order chi connectivity index (χ1) is 7.06. The molecule has 0 saturated heterocycles. The average molecular weight is 249 g/mol. The summed E-state index contributed by atoms with van der Waals surface area (Å²) in [5.74, 6) is 0. The maximum absolute atomic E-state index is 12.0. The fourth-order valence-electron chi connectivity index (χ4n) is 1.26. The van der Waals surface area contributed by atoms with E-state index in [-0.39, 0.29) is 24.4 Å². The van der Waals surface area contributed by atoms with Crippen LogP contribution < -0.4 is 18.9 Å². The van der Waals surface area contributed by atoms with E-state index < -0.39 is 0 Å². The molecule has 1 unspecified atom stereocenters. The Bertz CT molecular complexity index is 348. The quantitative estimate of drug-likeness (QED) is 0.584. The van der Waals surface area contributed by atoms with Gasteiger partial charge in [-0.15, -0.1) is 0 Å². The van der Waals surface area contributed by atoms with Gasteiger partial charge in [-0.3, -0.25) is 0 Å². The predicted octanol–water partition coefficient (Wildman–Crippen LogP) is 1.54. The number of rotatable bonds is 4. The summed E-state index contributed by atoms with van der Waals surface area (Å²) in [5, 5.41) is 0.566. The monoisotopic (exact) mass is 248 g/mol. The molecule has 0 fully saturated rings. The van der Waals surface area contributed by atoms with Crippen LogP contribution in [-0.2, 0) is 0 Å². The fraction of sp³-hybridized carbons (Fsp3) is 0.417. The van der Waals surface area contributed by atoms with Gasteiger partial charge in [-0.2, -0.15) is 5.66 Å². The van der Waals surface area contributed by atoms with Gasteiger partial charge >= 0.3 is 18.9 Å². The second kappa shape index (κ2) is 7.52. The molecule has 0 saturated carbocycles. The third-order valence-electron chi connectivity index (χ3n) is 2.36. The maximum Gasteiger partial charge on any atom is 1.00 e. The number of hydrogen-bond donors (Lipinski definition) is 0. The van der Waals surface area contributed by atoms with Crippen molar-refractivity contribution in [1.82, 2.24) is 0 Å². The Kier molecular flexibility index (Phi) is 7.61. The van der Waals surface area contributed by atoms with Gasteiger partial charge < -0.3 is 13.4 Å². The van der Waals surface area contributed by atoms with Crippen molar-refractivity contribution in [2.24, 2.45) is 0 Å². The van der Waals surface area contributed by atoms with Crippen molar-refractivity contribution in [3.63, 3.8) is 0 Å². The number of halogens is 1. The van der Waals surface area contributed by atoms with E-state index in [1.54, 1.807) is 6.07 Å². The molecule has 0 radical (unpaired) electrons. The van der Waals surface area contributed by atoms with Gasteiger partial charge in [0.1, 0.15) is 0 Å². The number of carbonyl (C=O) groups is 1. The second-order valence-corrected chi connectivity index (χ2v) is 5.58. The number of benzene rings is 1. The first-order valence-corrected chi connectivity index (χ1v) is 6.40. The normalized spacial score (nSPS) is 12.5. The number of carbonyl (C=O) groups excluding carboxylic acids is 1. The molecule has 0 N–H and O–H groups in total. The Morgan fingerprint density at radius 2 is 2.12 bits per heavy atom. The maximum atomic E-state index is 12.0. The molecule has 1 rings (SSSR count). The Balaban J connectivity index is 0.00000225. The number of aryl methyl sites for hydroxylation is 1. The Labute approximate surface area is 116 Å². The molecule has 0 spiro atoms. The summed E-state index contributed by atoms with van der Waals surface area (Å²) >= 11 is 6.03. The second-order valence-electron chi connectivity index (χ2n) is 3.62. The molecular formula is C12H15ClLiOP. The summed E-state index contributed by atoms with van der Waals surface area (Å²) in [5.41, 5.74) is 2.17. The van der Waals surface area contributed by atoms with Crippen LogP contribution in [0, 0.1) is 6.92 Å². The predicted molar refractivity (Wildman–Crippen MR) is 67.2 cm³/mol. The van der Waals surface area contributed by atoms with Crippen LogP contribution in [0.15, 0.2) is 18.2 Å². The molecule has 0 amide bonds. The molecule has 1 aromatic rings. The Morgan fingerprint density at radius 1 is 1.50 bits per heavy atom. The van der Waals surface area contributed by atoms with E-state index in [1.165, 1.54) is 0 Å². The number of hydrogen-bond acceptors (Lipinski definition) is 1. The van der Waals surface area contributed by atoms with Gasteiger partial charge in [0.15, 0.2) is 0 Å². The molecule has 0 heterocycles. The molecule has 0 aliphatic heterocycles. The zero-order chi connectivity index (χ0) is 11.4. The molecule has 1 atom stereocenters. The van der Waals surface area contributed by atoms with Gasteiger partial charge in [0, 0.05) is 16.1 Å². The van der Waals surface area contributed by atoms with Gasteiger partial charge in [0.05, 0.1) is 0 Å². The third kappa shape index (κ3) is 4.23. The minimum absolute atomic E-state index is 0. The van der Waals surface area contributed by atoms with Crippen molar-refractivity contribution in [2.75, 3.05) is 0 Å². The molecule has 0 aliphatic rings. The van der Waals surface area contributed by atoms with Crippen molar-refractivity contribution >= 4 is 25.7 Å². The molecule has 4 heteroatoms. The molecule has 0 bridgehead atoms. The summed E-state index contributed by atoms with van der Waals surface area (Å²) in [7, 11) is 0.842. The van der Waals surface area contributed by atoms with Gasteiger partial charge in [-0.25, -0.2) is 0 Å². The van der Waals surface area contributed by atoms with Crippen molar-refractivity contribution < 1.29 is 23.7 Å². The van der Waals surface area contributed by atoms with E-state index in [1.807, 2.05) is 19.1 Å². The van der Waals surface area contributed by atoms with Crippen LogP contribution in [-0.4, -0.2) is 11.2 Å². The van der Waals surface area contributed by atoms with Crippen LogP contribution in [0.1, 0.15) is 36.2 Å². The van der Waals surface area contributed by atoms with Crippen LogP contribution >= 0.6 is 20.2 Å². The smallest absolute Gasteiger partial charge is 0.456 e. The van der Waals surface area contributed by atoms with E-state index in [9.17, 15) is 4.79 Å². The molecule has 82 valence electrons. The Morgan fingerprint density at radius 3 is 2.62 bits per heavy atom. The van der Waals surface area contributed by atoms with Gasteiger partial charge in [-0.05, 0) is 18.6 Å². The molecule has 1 nitrogen and oxygen atoms in total. The van der Waals surface area contributed by atoms with E-state index in [0.717, 1.165) is 20.6 Å². The minimum atomic E-state index is 0. The summed E-state index contributed by atoms with van der Waals surface area (Å²) in [6.45, 7) is 6.08.